The normalized spacial score (nSPS) is 14.8. The average Bonchev–Trinajstić information content (AvgIpc) is 3.24. The molecule has 0 aliphatic carbocycles. The van der Waals surface area contributed by atoms with Crippen molar-refractivity contribution in [3.63, 3.8) is 0 Å². The highest BCUT2D eigenvalue weighted by molar-refractivity contribution is 7.17. The first-order chi connectivity index (χ1) is 17.3. The summed E-state index contributed by atoms with van der Waals surface area (Å²) < 4.78 is 5.84. The minimum absolute atomic E-state index is 0.0682. The molecule has 3 N–H and O–H groups in total. The Kier molecular flexibility index (Phi) is 6.70. The third-order valence-electron chi connectivity index (χ3n) is 6.42. The van der Waals surface area contributed by atoms with Crippen LogP contribution in [0.15, 0.2) is 42.5 Å². The van der Waals surface area contributed by atoms with E-state index in [0.29, 0.717) is 58.6 Å². The number of amides is 3. The molecule has 0 spiro atoms. The second-order valence-corrected chi connectivity index (χ2v) is 10.2. The number of piperazine rings is 1. The van der Waals surface area contributed by atoms with Gasteiger partial charge in [0.15, 0.2) is 0 Å². The van der Waals surface area contributed by atoms with Gasteiger partial charge in [-0.3, -0.25) is 14.4 Å². The van der Waals surface area contributed by atoms with Gasteiger partial charge in [0.1, 0.15) is 5.75 Å². The molecule has 0 unspecified atom stereocenters. The van der Waals surface area contributed by atoms with E-state index in [1.54, 1.807) is 48.3 Å². The van der Waals surface area contributed by atoms with Crippen molar-refractivity contribution in [1.29, 1.82) is 0 Å². The van der Waals surface area contributed by atoms with E-state index in [4.69, 9.17) is 22.1 Å². The first-order valence-corrected chi connectivity index (χ1v) is 12.8. The molecule has 8 nitrogen and oxygen atoms in total. The molecule has 3 amide bonds. The quantitative estimate of drug-likeness (QED) is 0.544. The molecule has 2 aliphatic rings. The molecule has 3 heterocycles. The summed E-state index contributed by atoms with van der Waals surface area (Å²) in [6.45, 7) is 3.26. The van der Waals surface area contributed by atoms with Crippen molar-refractivity contribution >= 4 is 46.3 Å². The van der Waals surface area contributed by atoms with Gasteiger partial charge in [0, 0.05) is 61.2 Å². The lowest BCUT2D eigenvalue weighted by molar-refractivity contribution is 0.0735. The Hall–Kier alpha value is -3.40. The third kappa shape index (κ3) is 4.57. The van der Waals surface area contributed by atoms with Crippen molar-refractivity contribution in [3.05, 3.63) is 69.1 Å². The number of ether oxygens (including phenoxy) is 1. The molecule has 2 aliphatic heterocycles. The van der Waals surface area contributed by atoms with Gasteiger partial charge in [-0.15, -0.1) is 11.3 Å². The number of hydrogen-bond acceptors (Lipinski definition) is 6. The summed E-state index contributed by atoms with van der Waals surface area (Å²) in [4.78, 5) is 42.6. The lowest BCUT2D eigenvalue weighted by Crippen LogP contribution is -2.46. The molecule has 0 atom stereocenters. The number of carbonyl (C=O) groups is 3. The van der Waals surface area contributed by atoms with E-state index in [1.807, 2.05) is 6.07 Å². The molecule has 1 saturated heterocycles. The fraction of sp³-hybridized carbons (Fsp3) is 0.269. The van der Waals surface area contributed by atoms with Gasteiger partial charge < -0.3 is 25.6 Å². The first-order valence-electron chi connectivity index (χ1n) is 11.6. The van der Waals surface area contributed by atoms with E-state index in [1.165, 1.54) is 16.2 Å². The fourth-order valence-corrected chi connectivity index (χ4v) is 5.96. The second-order valence-electron chi connectivity index (χ2n) is 8.71. The molecule has 5 rings (SSSR count). The summed E-state index contributed by atoms with van der Waals surface area (Å²) in [6.07, 6.45) is 0.632. The van der Waals surface area contributed by atoms with Gasteiger partial charge in [0.05, 0.1) is 22.2 Å². The number of anilines is 1. The van der Waals surface area contributed by atoms with Gasteiger partial charge in [-0.25, -0.2) is 0 Å². The van der Waals surface area contributed by atoms with E-state index in [-0.39, 0.29) is 11.8 Å². The minimum Gasteiger partial charge on any atom is -0.493 e. The smallest absolute Gasteiger partial charge is 0.268 e. The number of nitrogens with one attached hydrogen (secondary N) is 1. The van der Waals surface area contributed by atoms with Gasteiger partial charge in [0.25, 0.3) is 11.8 Å². The Morgan fingerprint density at radius 2 is 1.83 bits per heavy atom. The first kappa shape index (κ1) is 24.3. The standard InChI is InChI=1S/C26H25ClN4O4S/c1-30(20-5-3-17(12-19(20)27)25(33)31-9-7-29-8-10-31)26(34)22-14-15-6-11-35-21-13-16(24(28)32)2-4-18(21)23(15)36-22/h2-5,12-14,29H,6-11H2,1H3,(H2,28,32). The lowest BCUT2D eigenvalue weighted by Gasteiger charge is -2.27. The number of fused-ring (bicyclic) bond motifs is 3. The number of nitrogens with two attached hydrogens (primary N) is 1. The SMILES string of the molecule is CN(C(=O)c1cc2c(s1)-c1ccc(C(N)=O)cc1OCC2)c1ccc(C(=O)N2CCNCC2)cc1Cl. The predicted molar refractivity (Wildman–Crippen MR) is 140 cm³/mol. The second kappa shape index (κ2) is 9.93. The minimum atomic E-state index is -0.521. The Labute approximate surface area is 217 Å². The van der Waals surface area contributed by atoms with Crippen LogP contribution in [-0.2, 0) is 6.42 Å². The molecule has 2 aromatic carbocycles. The summed E-state index contributed by atoms with van der Waals surface area (Å²) in [5, 5.41) is 3.57. The monoisotopic (exact) mass is 524 g/mol. The fourth-order valence-electron chi connectivity index (χ4n) is 4.44. The Balaban J connectivity index is 1.40. The van der Waals surface area contributed by atoms with Crippen molar-refractivity contribution in [1.82, 2.24) is 10.2 Å². The van der Waals surface area contributed by atoms with Crippen molar-refractivity contribution in [2.45, 2.75) is 6.42 Å². The van der Waals surface area contributed by atoms with Crippen LogP contribution in [0.25, 0.3) is 10.4 Å². The highest BCUT2D eigenvalue weighted by Gasteiger charge is 2.25. The van der Waals surface area contributed by atoms with E-state index in [2.05, 4.69) is 5.32 Å². The highest BCUT2D eigenvalue weighted by Crippen LogP contribution is 2.42. The van der Waals surface area contributed by atoms with E-state index >= 15 is 0 Å². The number of benzene rings is 2. The maximum atomic E-state index is 13.4. The maximum absolute atomic E-state index is 13.4. The summed E-state index contributed by atoms with van der Waals surface area (Å²) in [5.41, 5.74) is 8.64. The summed E-state index contributed by atoms with van der Waals surface area (Å²) in [6, 6.07) is 12.0. The van der Waals surface area contributed by atoms with Crippen molar-refractivity contribution in [2.75, 3.05) is 44.7 Å². The van der Waals surface area contributed by atoms with Crippen LogP contribution in [0.2, 0.25) is 5.02 Å². The molecule has 36 heavy (non-hydrogen) atoms. The van der Waals surface area contributed by atoms with E-state index in [9.17, 15) is 14.4 Å². The van der Waals surface area contributed by atoms with Crippen LogP contribution in [0, 0.1) is 0 Å². The Morgan fingerprint density at radius 1 is 1.08 bits per heavy atom. The van der Waals surface area contributed by atoms with Gasteiger partial charge in [-0.2, -0.15) is 0 Å². The molecule has 1 fully saturated rings. The molecule has 0 saturated carbocycles. The number of carbonyl (C=O) groups excluding carboxylic acids is 3. The largest absolute Gasteiger partial charge is 0.493 e. The van der Waals surface area contributed by atoms with Gasteiger partial charge in [0.2, 0.25) is 5.91 Å². The molecule has 0 radical (unpaired) electrons. The molecule has 1 aromatic heterocycles. The third-order valence-corrected chi connectivity index (χ3v) is 7.93. The summed E-state index contributed by atoms with van der Waals surface area (Å²) >= 11 is 7.91. The molecular formula is C26H25ClN4O4S. The van der Waals surface area contributed by atoms with Gasteiger partial charge in [-0.1, -0.05) is 11.6 Å². The van der Waals surface area contributed by atoms with Crippen molar-refractivity contribution < 1.29 is 19.1 Å². The number of hydrogen-bond donors (Lipinski definition) is 2. The predicted octanol–water partition coefficient (Wildman–Crippen LogP) is 3.42. The lowest BCUT2D eigenvalue weighted by atomic mass is 10.1. The van der Waals surface area contributed by atoms with E-state index in [0.717, 1.165) is 29.1 Å². The van der Waals surface area contributed by atoms with Crippen LogP contribution in [0.4, 0.5) is 5.69 Å². The summed E-state index contributed by atoms with van der Waals surface area (Å²) in [5.74, 6) is -0.215. The van der Waals surface area contributed by atoms with Crippen LogP contribution in [-0.4, -0.2) is 62.5 Å². The van der Waals surface area contributed by atoms with Crippen LogP contribution in [0.3, 0.4) is 0 Å². The average molecular weight is 525 g/mol. The van der Waals surface area contributed by atoms with Gasteiger partial charge in [-0.05, 0) is 48.0 Å². The van der Waals surface area contributed by atoms with Crippen LogP contribution in [0.5, 0.6) is 5.75 Å². The van der Waals surface area contributed by atoms with Crippen LogP contribution >= 0.6 is 22.9 Å². The highest BCUT2D eigenvalue weighted by atomic mass is 35.5. The van der Waals surface area contributed by atoms with Gasteiger partial charge >= 0.3 is 0 Å². The number of thiophene rings is 1. The zero-order valence-corrected chi connectivity index (χ0v) is 21.2. The van der Waals surface area contributed by atoms with Crippen LogP contribution < -0.4 is 20.7 Å². The Bertz CT molecular complexity index is 1370. The molecule has 10 heteroatoms. The maximum Gasteiger partial charge on any atom is 0.268 e. The molecule has 0 bridgehead atoms. The van der Waals surface area contributed by atoms with Crippen LogP contribution in [0.1, 0.15) is 36.0 Å². The van der Waals surface area contributed by atoms with Crippen molar-refractivity contribution in [3.8, 4) is 16.2 Å². The molecular weight excluding hydrogens is 500 g/mol. The number of nitrogens with zero attached hydrogens (tertiary/aromatic N) is 2. The zero-order valence-electron chi connectivity index (χ0n) is 19.7. The molecule has 186 valence electrons. The van der Waals surface area contributed by atoms with E-state index < -0.39 is 5.91 Å². The van der Waals surface area contributed by atoms with Crippen molar-refractivity contribution in [2.24, 2.45) is 5.73 Å². The topological polar surface area (TPSA) is 105 Å². The summed E-state index contributed by atoms with van der Waals surface area (Å²) in [7, 11) is 1.67. The zero-order chi connectivity index (χ0) is 25.4. The molecule has 3 aromatic rings. The Morgan fingerprint density at radius 3 is 2.56 bits per heavy atom. The number of halogens is 1. The number of primary amides is 1. The number of rotatable bonds is 4.